The fourth-order valence-electron chi connectivity index (χ4n) is 1.16. The number of benzene rings is 1. The number of Topliss-reactive ketones (excluding diaryl/α,β-unsaturated/α-hetero) is 1. The standard InChI is InChI=1S/C10H8F4OS/c1-2-7(15)9-6(11)4-3-5-8(9)16-10(12,13)14/h3-5H,2H2,1H3. The maximum absolute atomic E-state index is 13.3. The fraction of sp³-hybridized carbons (Fsp3) is 0.300. The zero-order valence-corrected chi connectivity index (χ0v) is 9.08. The molecule has 0 bridgehead atoms. The second kappa shape index (κ2) is 4.86. The van der Waals surface area contributed by atoms with Gasteiger partial charge in [-0.25, -0.2) is 4.39 Å². The van der Waals surface area contributed by atoms with Gasteiger partial charge in [0.25, 0.3) is 0 Å². The van der Waals surface area contributed by atoms with Crippen molar-refractivity contribution in [1.82, 2.24) is 0 Å². The molecule has 16 heavy (non-hydrogen) atoms. The van der Waals surface area contributed by atoms with Crippen LogP contribution in [0, 0.1) is 5.82 Å². The van der Waals surface area contributed by atoms with E-state index >= 15 is 0 Å². The largest absolute Gasteiger partial charge is 0.446 e. The van der Waals surface area contributed by atoms with E-state index in [2.05, 4.69) is 0 Å². The Balaban J connectivity index is 3.18. The van der Waals surface area contributed by atoms with Crippen LogP contribution in [0.25, 0.3) is 0 Å². The molecule has 0 atom stereocenters. The van der Waals surface area contributed by atoms with Crippen LogP contribution in [-0.2, 0) is 0 Å². The van der Waals surface area contributed by atoms with Crippen molar-refractivity contribution in [3.05, 3.63) is 29.6 Å². The summed E-state index contributed by atoms with van der Waals surface area (Å²) in [4.78, 5) is 10.9. The highest BCUT2D eigenvalue weighted by molar-refractivity contribution is 8.00. The average Bonchev–Trinajstić information content (AvgIpc) is 2.14. The van der Waals surface area contributed by atoms with Crippen LogP contribution in [0.2, 0.25) is 0 Å². The van der Waals surface area contributed by atoms with E-state index in [1.165, 1.54) is 6.92 Å². The molecule has 0 radical (unpaired) electrons. The zero-order chi connectivity index (χ0) is 12.3. The van der Waals surface area contributed by atoms with E-state index in [0.717, 1.165) is 18.2 Å². The molecule has 1 nitrogen and oxygen atoms in total. The van der Waals surface area contributed by atoms with Gasteiger partial charge in [0.2, 0.25) is 0 Å². The van der Waals surface area contributed by atoms with Crippen molar-refractivity contribution in [2.45, 2.75) is 23.7 Å². The van der Waals surface area contributed by atoms with Crippen LogP contribution in [0.15, 0.2) is 23.1 Å². The normalized spacial score (nSPS) is 11.6. The van der Waals surface area contributed by atoms with E-state index in [-0.39, 0.29) is 11.3 Å². The van der Waals surface area contributed by atoms with Crippen molar-refractivity contribution in [3.8, 4) is 0 Å². The summed E-state index contributed by atoms with van der Waals surface area (Å²) < 4.78 is 49.7. The number of alkyl halides is 3. The first kappa shape index (κ1) is 13.0. The lowest BCUT2D eigenvalue weighted by Crippen LogP contribution is -2.07. The minimum atomic E-state index is -4.53. The summed E-state index contributed by atoms with van der Waals surface area (Å²) in [7, 11) is 0. The molecule has 0 unspecified atom stereocenters. The number of hydrogen-bond acceptors (Lipinski definition) is 2. The quantitative estimate of drug-likeness (QED) is 0.459. The summed E-state index contributed by atoms with van der Waals surface area (Å²) in [6.45, 7) is 1.47. The van der Waals surface area contributed by atoms with Crippen LogP contribution < -0.4 is 0 Å². The lowest BCUT2D eigenvalue weighted by atomic mass is 10.1. The number of hydrogen-bond donors (Lipinski definition) is 0. The van der Waals surface area contributed by atoms with E-state index in [9.17, 15) is 22.4 Å². The van der Waals surface area contributed by atoms with Gasteiger partial charge in [-0.15, -0.1) is 0 Å². The van der Waals surface area contributed by atoms with Crippen molar-refractivity contribution in [1.29, 1.82) is 0 Å². The van der Waals surface area contributed by atoms with Crippen LogP contribution in [0.4, 0.5) is 17.6 Å². The van der Waals surface area contributed by atoms with Gasteiger partial charge in [0.05, 0.1) is 5.56 Å². The van der Waals surface area contributed by atoms with Gasteiger partial charge in [0, 0.05) is 11.3 Å². The third-order valence-electron chi connectivity index (χ3n) is 1.80. The number of ketones is 1. The summed E-state index contributed by atoms with van der Waals surface area (Å²) in [5, 5.41) is 0. The van der Waals surface area contributed by atoms with Crippen LogP contribution in [0.5, 0.6) is 0 Å². The van der Waals surface area contributed by atoms with Gasteiger partial charge in [-0.2, -0.15) is 13.2 Å². The fourth-order valence-corrected chi connectivity index (χ4v) is 1.87. The summed E-state index contributed by atoms with van der Waals surface area (Å²) in [6.07, 6.45) is -0.0354. The molecule has 0 aromatic heterocycles. The Kier molecular flexibility index (Phi) is 3.96. The molecule has 0 fully saturated rings. The topological polar surface area (TPSA) is 17.1 Å². The molecule has 0 amide bonds. The number of thioether (sulfide) groups is 1. The van der Waals surface area contributed by atoms with Crippen molar-refractivity contribution in [2.75, 3.05) is 0 Å². The van der Waals surface area contributed by atoms with Gasteiger partial charge >= 0.3 is 5.51 Å². The van der Waals surface area contributed by atoms with Gasteiger partial charge in [-0.05, 0) is 23.9 Å². The van der Waals surface area contributed by atoms with Crippen LogP contribution in [0.3, 0.4) is 0 Å². The van der Waals surface area contributed by atoms with E-state index < -0.39 is 34.4 Å². The molecule has 1 aromatic rings. The van der Waals surface area contributed by atoms with Crippen LogP contribution >= 0.6 is 11.8 Å². The maximum Gasteiger partial charge on any atom is 0.446 e. The number of carbonyl (C=O) groups is 1. The van der Waals surface area contributed by atoms with Gasteiger partial charge in [0.15, 0.2) is 5.78 Å². The van der Waals surface area contributed by atoms with E-state index in [1.807, 2.05) is 0 Å². The van der Waals surface area contributed by atoms with Gasteiger partial charge in [-0.1, -0.05) is 13.0 Å². The minimum Gasteiger partial charge on any atom is -0.294 e. The molecule has 6 heteroatoms. The molecule has 88 valence electrons. The number of carbonyl (C=O) groups excluding carboxylic acids is 1. The minimum absolute atomic E-state index is 0.0354. The van der Waals surface area contributed by atoms with Crippen molar-refractivity contribution < 1.29 is 22.4 Å². The molecule has 0 saturated heterocycles. The summed E-state index contributed by atoms with van der Waals surface area (Å²) in [6, 6.07) is 3.21. The smallest absolute Gasteiger partial charge is 0.294 e. The molecule has 0 aliphatic carbocycles. The first-order valence-electron chi connectivity index (χ1n) is 4.42. The SMILES string of the molecule is CCC(=O)c1c(F)cccc1SC(F)(F)F. The summed E-state index contributed by atoms with van der Waals surface area (Å²) in [5.74, 6) is -1.55. The second-order valence-corrected chi connectivity index (χ2v) is 4.04. The summed E-state index contributed by atoms with van der Waals surface area (Å²) >= 11 is -0.476. The molecule has 0 spiro atoms. The predicted molar refractivity (Wildman–Crippen MR) is 52.9 cm³/mol. The molecule has 1 aromatic carbocycles. The Bertz CT molecular complexity index is 400. The van der Waals surface area contributed by atoms with Crippen molar-refractivity contribution >= 4 is 17.5 Å². The number of rotatable bonds is 3. The average molecular weight is 252 g/mol. The third kappa shape index (κ3) is 3.23. The highest BCUT2D eigenvalue weighted by Gasteiger charge is 2.32. The Morgan fingerprint density at radius 2 is 2.00 bits per heavy atom. The zero-order valence-electron chi connectivity index (χ0n) is 8.27. The Labute approximate surface area is 93.8 Å². The predicted octanol–water partition coefficient (Wildman–Crippen LogP) is 4.03. The molecule has 0 N–H and O–H groups in total. The lowest BCUT2D eigenvalue weighted by Gasteiger charge is -2.10. The van der Waals surface area contributed by atoms with Gasteiger partial charge in [0.1, 0.15) is 5.82 Å². The van der Waals surface area contributed by atoms with Crippen molar-refractivity contribution in [2.24, 2.45) is 0 Å². The third-order valence-corrected chi connectivity index (χ3v) is 2.59. The lowest BCUT2D eigenvalue weighted by molar-refractivity contribution is -0.0328. The van der Waals surface area contributed by atoms with E-state index in [0.29, 0.717) is 0 Å². The first-order valence-corrected chi connectivity index (χ1v) is 5.24. The van der Waals surface area contributed by atoms with Crippen LogP contribution in [0.1, 0.15) is 23.7 Å². The van der Waals surface area contributed by atoms with E-state index in [4.69, 9.17) is 0 Å². The molecule has 0 aliphatic rings. The Morgan fingerprint density at radius 1 is 1.38 bits per heavy atom. The van der Waals surface area contributed by atoms with Crippen LogP contribution in [-0.4, -0.2) is 11.3 Å². The molecular weight excluding hydrogens is 244 g/mol. The molecule has 0 heterocycles. The van der Waals surface area contributed by atoms with Crippen molar-refractivity contribution in [3.63, 3.8) is 0 Å². The molecule has 0 aliphatic heterocycles. The Morgan fingerprint density at radius 3 is 2.50 bits per heavy atom. The second-order valence-electron chi connectivity index (χ2n) is 2.94. The monoisotopic (exact) mass is 252 g/mol. The highest BCUT2D eigenvalue weighted by Crippen LogP contribution is 2.39. The molecule has 1 rings (SSSR count). The van der Waals surface area contributed by atoms with E-state index in [1.54, 1.807) is 0 Å². The molecular formula is C10H8F4OS. The summed E-state index contributed by atoms with van der Waals surface area (Å²) in [5.41, 5.74) is -5.01. The van der Waals surface area contributed by atoms with Gasteiger partial charge < -0.3 is 0 Å². The highest BCUT2D eigenvalue weighted by atomic mass is 32.2. The maximum atomic E-state index is 13.3. The number of halogens is 4. The Hall–Kier alpha value is -1.04. The molecule has 0 saturated carbocycles. The first-order chi connectivity index (χ1) is 7.35. The van der Waals surface area contributed by atoms with Gasteiger partial charge in [-0.3, -0.25) is 4.79 Å².